The Morgan fingerprint density at radius 2 is 1.86 bits per heavy atom. The molecular formula is C24H21ClN8O2. The van der Waals surface area contributed by atoms with Gasteiger partial charge in [-0.05, 0) is 35.4 Å². The molecule has 0 spiro atoms. The minimum absolute atomic E-state index is 0.234. The Bertz CT molecular complexity index is 1490. The Labute approximate surface area is 205 Å². The molecule has 4 N–H and O–H groups in total. The van der Waals surface area contributed by atoms with Gasteiger partial charge in [0.05, 0.1) is 45.9 Å². The molecule has 10 nitrogen and oxygen atoms in total. The highest BCUT2D eigenvalue weighted by Crippen LogP contribution is 2.23. The fourth-order valence-electron chi connectivity index (χ4n) is 3.68. The summed E-state index contributed by atoms with van der Waals surface area (Å²) >= 11 is 5.80. The first-order valence-corrected chi connectivity index (χ1v) is 11.1. The predicted molar refractivity (Wildman–Crippen MR) is 132 cm³/mol. The van der Waals surface area contributed by atoms with Gasteiger partial charge in [-0.15, -0.1) is 0 Å². The third-order valence-corrected chi connectivity index (χ3v) is 5.68. The molecule has 0 saturated carbocycles. The van der Waals surface area contributed by atoms with Crippen LogP contribution in [0.15, 0.2) is 61.1 Å². The molecule has 5 aromatic rings. The van der Waals surface area contributed by atoms with Crippen molar-refractivity contribution in [1.82, 2.24) is 29.7 Å². The molecule has 3 aromatic heterocycles. The van der Waals surface area contributed by atoms with Crippen LogP contribution >= 0.6 is 11.6 Å². The Hall–Kier alpha value is -4.44. The Balaban J connectivity index is 1.26. The first kappa shape index (κ1) is 22.4. The lowest BCUT2D eigenvalue weighted by molar-refractivity contribution is 0.0999. The third-order valence-electron chi connectivity index (χ3n) is 5.49. The molecule has 0 fully saturated rings. The van der Waals surface area contributed by atoms with Gasteiger partial charge in [0, 0.05) is 20.0 Å². The van der Waals surface area contributed by atoms with E-state index in [9.17, 15) is 4.79 Å². The van der Waals surface area contributed by atoms with E-state index in [-0.39, 0.29) is 6.01 Å². The van der Waals surface area contributed by atoms with E-state index in [1.807, 2.05) is 54.1 Å². The van der Waals surface area contributed by atoms with Gasteiger partial charge in [0.1, 0.15) is 5.75 Å². The zero-order chi connectivity index (χ0) is 24.4. The number of hydrogen-bond donors (Lipinski definition) is 3. The maximum atomic E-state index is 11.6. The van der Waals surface area contributed by atoms with Gasteiger partial charge >= 0.3 is 6.01 Å². The number of aromatic nitrogens is 6. The topological polar surface area (TPSA) is 137 Å². The number of amides is 1. The van der Waals surface area contributed by atoms with Crippen LogP contribution in [0.1, 0.15) is 27.2 Å². The van der Waals surface area contributed by atoms with Gasteiger partial charge in [-0.1, -0.05) is 29.8 Å². The number of imidazole rings is 1. The molecule has 0 bridgehead atoms. The van der Waals surface area contributed by atoms with Crippen LogP contribution in [0.5, 0.6) is 11.8 Å². The maximum Gasteiger partial charge on any atom is 0.321 e. The monoisotopic (exact) mass is 488 g/mol. The van der Waals surface area contributed by atoms with Crippen molar-refractivity contribution < 1.29 is 9.53 Å². The number of halogens is 1. The molecule has 0 aliphatic heterocycles. The summed E-state index contributed by atoms with van der Waals surface area (Å²) in [5.74, 6) is 0.870. The number of nitrogens with two attached hydrogens (primary N) is 1. The van der Waals surface area contributed by atoms with Gasteiger partial charge in [-0.2, -0.15) is 5.10 Å². The average molecular weight is 489 g/mol. The first-order valence-electron chi connectivity index (χ1n) is 10.7. The summed E-state index contributed by atoms with van der Waals surface area (Å²) in [4.78, 5) is 24.3. The number of benzene rings is 2. The number of hydrogen-bond acceptors (Lipinski definition) is 7. The lowest BCUT2D eigenvalue weighted by atomic mass is 10.1. The van der Waals surface area contributed by atoms with E-state index in [1.165, 1.54) is 18.6 Å². The van der Waals surface area contributed by atoms with Crippen LogP contribution in [0.4, 0.5) is 5.95 Å². The summed E-state index contributed by atoms with van der Waals surface area (Å²) in [5, 5.41) is 10.6. The first-order chi connectivity index (χ1) is 17.0. The van der Waals surface area contributed by atoms with E-state index in [0.29, 0.717) is 35.0 Å². The Kier molecular flexibility index (Phi) is 6.02. The second kappa shape index (κ2) is 9.43. The lowest BCUT2D eigenvalue weighted by Gasteiger charge is -2.08. The van der Waals surface area contributed by atoms with E-state index in [2.05, 4.69) is 25.5 Å². The van der Waals surface area contributed by atoms with Crippen molar-refractivity contribution in [2.24, 2.45) is 12.8 Å². The van der Waals surface area contributed by atoms with Crippen LogP contribution in [-0.2, 0) is 20.0 Å². The number of nitrogens with one attached hydrogen (secondary N) is 2. The molecule has 0 unspecified atom stereocenters. The molecule has 1 amide bonds. The SMILES string of the molecule is Cn1c(NCc2ccc(Oc3ncc(Cl)cn3)cc2)nc2ccc(Cc3[nH]ncc3C(N)=O)cc21. The zero-order valence-electron chi connectivity index (χ0n) is 18.7. The number of aryl methyl sites for hydroxylation is 1. The summed E-state index contributed by atoms with van der Waals surface area (Å²) in [6.45, 7) is 0.581. The second-order valence-electron chi connectivity index (χ2n) is 7.90. The largest absolute Gasteiger partial charge is 0.424 e. The number of carbonyl (C=O) groups is 1. The summed E-state index contributed by atoms with van der Waals surface area (Å²) in [5.41, 5.74) is 10.4. The van der Waals surface area contributed by atoms with Crippen LogP contribution in [0.2, 0.25) is 5.02 Å². The van der Waals surface area contributed by atoms with Crippen LogP contribution in [0.25, 0.3) is 11.0 Å². The minimum Gasteiger partial charge on any atom is -0.424 e. The van der Waals surface area contributed by atoms with E-state index in [4.69, 9.17) is 27.1 Å². The summed E-state index contributed by atoms with van der Waals surface area (Å²) in [7, 11) is 1.95. The molecule has 35 heavy (non-hydrogen) atoms. The zero-order valence-corrected chi connectivity index (χ0v) is 19.5. The van der Waals surface area contributed by atoms with Gasteiger partial charge in [-0.3, -0.25) is 9.89 Å². The third kappa shape index (κ3) is 4.92. The molecule has 5 rings (SSSR count). The van der Waals surface area contributed by atoms with Crippen molar-refractivity contribution in [2.75, 3.05) is 5.32 Å². The molecule has 0 aliphatic rings. The quantitative estimate of drug-likeness (QED) is 0.302. The predicted octanol–water partition coefficient (Wildman–Crippen LogP) is 3.83. The molecule has 2 aromatic carbocycles. The van der Waals surface area contributed by atoms with Crippen LogP contribution < -0.4 is 15.8 Å². The summed E-state index contributed by atoms with van der Waals surface area (Å²) in [6.07, 6.45) is 4.93. The van der Waals surface area contributed by atoms with Crippen LogP contribution in [0.3, 0.4) is 0 Å². The van der Waals surface area contributed by atoms with E-state index < -0.39 is 5.91 Å². The molecule has 0 aliphatic carbocycles. The van der Waals surface area contributed by atoms with Crippen molar-refractivity contribution >= 4 is 34.5 Å². The normalized spacial score (nSPS) is 11.0. The van der Waals surface area contributed by atoms with Gasteiger partial charge in [0.15, 0.2) is 0 Å². The minimum atomic E-state index is -0.500. The molecule has 0 atom stereocenters. The highest BCUT2D eigenvalue weighted by atomic mass is 35.5. The molecule has 11 heteroatoms. The Morgan fingerprint density at radius 3 is 2.60 bits per heavy atom. The second-order valence-corrected chi connectivity index (χ2v) is 8.34. The highest BCUT2D eigenvalue weighted by Gasteiger charge is 2.13. The summed E-state index contributed by atoms with van der Waals surface area (Å²) < 4.78 is 7.63. The average Bonchev–Trinajstić information content (AvgIpc) is 3.45. The van der Waals surface area contributed by atoms with E-state index in [1.54, 1.807) is 0 Å². The molecule has 176 valence electrons. The Morgan fingerprint density at radius 1 is 1.11 bits per heavy atom. The molecule has 0 saturated heterocycles. The number of carbonyl (C=O) groups excluding carboxylic acids is 1. The van der Waals surface area contributed by atoms with Gasteiger partial charge in [-0.25, -0.2) is 15.0 Å². The molecule has 0 radical (unpaired) electrons. The van der Waals surface area contributed by atoms with Crippen molar-refractivity contribution in [3.8, 4) is 11.8 Å². The van der Waals surface area contributed by atoms with Crippen LogP contribution in [0, 0.1) is 0 Å². The molecule has 3 heterocycles. The maximum absolute atomic E-state index is 11.6. The van der Waals surface area contributed by atoms with Crippen molar-refractivity contribution in [3.63, 3.8) is 0 Å². The fraction of sp³-hybridized carbons (Fsp3) is 0.125. The lowest BCUT2D eigenvalue weighted by Crippen LogP contribution is -2.12. The van der Waals surface area contributed by atoms with Crippen molar-refractivity contribution in [1.29, 1.82) is 0 Å². The number of H-pyrrole nitrogens is 1. The molecular weight excluding hydrogens is 468 g/mol. The number of ether oxygens (including phenoxy) is 1. The van der Waals surface area contributed by atoms with E-state index >= 15 is 0 Å². The van der Waals surface area contributed by atoms with Gasteiger partial charge in [0.25, 0.3) is 5.91 Å². The highest BCUT2D eigenvalue weighted by molar-refractivity contribution is 6.30. The number of fused-ring (bicyclic) bond motifs is 1. The fourth-order valence-corrected chi connectivity index (χ4v) is 3.78. The number of nitrogens with zero attached hydrogens (tertiary/aromatic N) is 5. The standard InChI is InChI=1S/C24H21ClN8O2/c1-33-21-9-15(8-20-18(22(26)34)13-30-32-20)4-7-19(21)31-23(33)27-10-14-2-5-17(6-3-14)35-24-28-11-16(25)12-29-24/h2-7,9,11-13H,8,10H2,1H3,(H2,26,34)(H,27,31)(H,30,32). The van der Waals surface area contributed by atoms with Gasteiger partial charge in [0.2, 0.25) is 5.95 Å². The number of rotatable bonds is 8. The number of primary amides is 1. The smallest absolute Gasteiger partial charge is 0.321 e. The van der Waals surface area contributed by atoms with Crippen molar-refractivity contribution in [3.05, 3.63) is 88.5 Å². The summed E-state index contributed by atoms with van der Waals surface area (Å²) in [6, 6.07) is 13.8. The van der Waals surface area contributed by atoms with Gasteiger partial charge < -0.3 is 20.4 Å². The number of aromatic amines is 1. The van der Waals surface area contributed by atoms with E-state index in [0.717, 1.165) is 28.1 Å². The van der Waals surface area contributed by atoms with Crippen molar-refractivity contribution in [2.45, 2.75) is 13.0 Å². The van der Waals surface area contributed by atoms with Crippen LogP contribution in [-0.4, -0.2) is 35.6 Å². The number of anilines is 1.